The molecule has 100 valence electrons. The van der Waals surface area contributed by atoms with Crippen LogP contribution in [0.3, 0.4) is 0 Å². The molecule has 0 saturated heterocycles. The molecule has 1 atom stereocenters. The van der Waals surface area contributed by atoms with Crippen molar-refractivity contribution in [2.24, 2.45) is 0 Å². The van der Waals surface area contributed by atoms with Gasteiger partial charge in [0.05, 0.1) is 6.10 Å². The average Bonchev–Trinajstić information content (AvgIpc) is 2.35. The maximum Gasteiger partial charge on any atom is 0.123 e. The fourth-order valence-corrected chi connectivity index (χ4v) is 2.41. The van der Waals surface area contributed by atoms with Gasteiger partial charge < -0.3 is 5.11 Å². The van der Waals surface area contributed by atoms with Crippen LogP contribution in [0.25, 0.3) is 0 Å². The largest absolute Gasteiger partial charge is 0.388 e. The molecule has 0 amide bonds. The van der Waals surface area contributed by atoms with Crippen molar-refractivity contribution in [1.29, 1.82) is 0 Å². The Kier molecular flexibility index (Phi) is 4.38. The zero-order chi connectivity index (χ0) is 14.0. The van der Waals surface area contributed by atoms with Crippen LogP contribution in [0.4, 0.5) is 4.39 Å². The third-order valence-electron chi connectivity index (χ3n) is 3.16. The number of aryl methyl sites for hydroxylation is 2. The van der Waals surface area contributed by atoms with E-state index in [1.165, 1.54) is 12.1 Å². The first-order valence-corrected chi connectivity index (χ1v) is 6.96. The van der Waals surface area contributed by atoms with Crippen LogP contribution in [0.1, 0.15) is 28.4 Å². The molecule has 2 rings (SSSR count). The highest BCUT2D eigenvalue weighted by Crippen LogP contribution is 2.27. The summed E-state index contributed by atoms with van der Waals surface area (Å²) in [6.07, 6.45) is -0.203. The number of rotatable bonds is 3. The van der Waals surface area contributed by atoms with Crippen molar-refractivity contribution in [1.82, 2.24) is 0 Å². The minimum atomic E-state index is -0.618. The Morgan fingerprint density at radius 3 is 2.37 bits per heavy atom. The van der Waals surface area contributed by atoms with E-state index < -0.39 is 6.10 Å². The number of benzene rings is 2. The van der Waals surface area contributed by atoms with Crippen LogP contribution >= 0.6 is 15.9 Å². The molecule has 19 heavy (non-hydrogen) atoms. The summed E-state index contributed by atoms with van der Waals surface area (Å²) < 4.78 is 14.2. The number of hydrogen-bond donors (Lipinski definition) is 1. The van der Waals surface area contributed by atoms with E-state index in [-0.39, 0.29) is 5.82 Å². The first-order chi connectivity index (χ1) is 8.97. The third kappa shape index (κ3) is 3.43. The molecule has 0 aliphatic heterocycles. The molecular formula is C16H16BrFO. The van der Waals surface area contributed by atoms with E-state index in [1.807, 2.05) is 32.0 Å². The van der Waals surface area contributed by atoms with E-state index >= 15 is 0 Å². The lowest BCUT2D eigenvalue weighted by molar-refractivity contribution is 0.178. The van der Waals surface area contributed by atoms with E-state index in [0.29, 0.717) is 6.42 Å². The fraction of sp³-hybridized carbons (Fsp3) is 0.250. The second-order valence-electron chi connectivity index (χ2n) is 4.82. The Morgan fingerprint density at radius 2 is 1.79 bits per heavy atom. The van der Waals surface area contributed by atoms with Gasteiger partial charge >= 0.3 is 0 Å². The molecule has 0 radical (unpaired) electrons. The van der Waals surface area contributed by atoms with Crippen molar-refractivity contribution in [2.45, 2.75) is 26.4 Å². The van der Waals surface area contributed by atoms with Crippen LogP contribution in [0, 0.1) is 19.7 Å². The van der Waals surface area contributed by atoms with Gasteiger partial charge in [0.25, 0.3) is 0 Å². The lowest BCUT2D eigenvalue weighted by Crippen LogP contribution is -2.03. The lowest BCUT2D eigenvalue weighted by Gasteiger charge is -2.14. The van der Waals surface area contributed by atoms with Gasteiger partial charge in [-0.25, -0.2) is 4.39 Å². The highest BCUT2D eigenvalue weighted by atomic mass is 79.9. The van der Waals surface area contributed by atoms with Crippen LogP contribution in [-0.4, -0.2) is 5.11 Å². The van der Waals surface area contributed by atoms with Crippen LogP contribution in [-0.2, 0) is 6.42 Å². The highest BCUT2D eigenvalue weighted by molar-refractivity contribution is 9.10. The molecule has 0 aromatic heterocycles. The summed E-state index contributed by atoms with van der Waals surface area (Å²) in [6.45, 7) is 3.99. The molecule has 0 spiro atoms. The summed E-state index contributed by atoms with van der Waals surface area (Å²) in [5.74, 6) is -0.270. The number of halogens is 2. The van der Waals surface area contributed by atoms with Gasteiger partial charge in [-0.05, 0) is 48.2 Å². The first-order valence-electron chi connectivity index (χ1n) is 6.16. The van der Waals surface area contributed by atoms with Gasteiger partial charge in [-0.3, -0.25) is 0 Å². The van der Waals surface area contributed by atoms with E-state index in [9.17, 15) is 9.50 Å². The molecule has 0 aliphatic rings. The van der Waals surface area contributed by atoms with Gasteiger partial charge in [-0.1, -0.05) is 40.2 Å². The smallest absolute Gasteiger partial charge is 0.123 e. The molecule has 1 nitrogen and oxygen atoms in total. The Balaban J connectivity index is 2.23. The zero-order valence-electron chi connectivity index (χ0n) is 11.0. The van der Waals surface area contributed by atoms with Crippen molar-refractivity contribution < 1.29 is 9.50 Å². The van der Waals surface area contributed by atoms with Crippen molar-refractivity contribution in [3.8, 4) is 0 Å². The fourth-order valence-electron chi connectivity index (χ4n) is 2.18. The van der Waals surface area contributed by atoms with Crippen LogP contribution in [0.2, 0.25) is 0 Å². The molecule has 2 aromatic carbocycles. The molecule has 0 aliphatic carbocycles. The predicted molar refractivity (Wildman–Crippen MR) is 78.7 cm³/mol. The van der Waals surface area contributed by atoms with Crippen LogP contribution < -0.4 is 0 Å². The van der Waals surface area contributed by atoms with Crippen molar-refractivity contribution >= 4 is 15.9 Å². The Bertz CT molecular complexity index is 572. The summed E-state index contributed by atoms with van der Waals surface area (Å²) in [4.78, 5) is 0. The van der Waals surface area contributed by atoms with Gasteiger partial charge in [-0.2, -0.15) is 0 Å². The molecule has 1 N–H and O–H groups in total. The van der Waals surface area contributed by atoms with Crippen molar-refractivity contribution in [2.75, 3.05) is 0 Å². The second-order valence-corrected chi connectivity index (χ2v) is 5.61. The number of aliphatic hydroxyl groups is 1. The summed E-state index contributed by atoms with van der Waals surface area (Å²) in [7, 11) is 0. The van der Waals surface area contributed by atoms with E-state index in [4.69, 9.17) is 0 Å². The molecule has 2 aromatic rings. The van der Waals surface area contributed by atoms with E-state index in [1.54, 1.807) is 6.07 Å². The van der Waals surface area contributed by atoms with Crippen LogP contribution in [0.15, 0.2) is 40.9 Å². The molecule has 3 heteroatoms. The van der Waals surface area contributed by atoms with Crippen LogP contribution in [0.5, 0.6) is 0 Å². The molecule has 0 saturated carbocycles. The van der Waals surface area contributed by atoms with Gasteiger partial charge in [0.1, 0.15) is 5.82 Å². The maximum atomic E-state index is 13.1. The Morgan fingerprint density at radius 1 is 1.16 bits per heavy atom. The van der Waals surface area contributed by atoms with Crippen molar-refractivity contribution in [3.63, 3.8) is 0 Å². The molecule has 0 heterocycles. The zero-order valence-corrected chi connectivity index (χ0v) is 12.5. The van der Waals surface area contributed by atoms with Gasteiger partial charge in [0.2, 0.25) is 0 Å². The number of aliphatic hydroxyl groups excluding tert-OH is 1. The van der Waals surface area contributed by atoms with Crippen molar-refractivity contribution in [3.05, 3.63) is 68.9 Å². The summed E-state index contributed by atoms with van der Waals surface area (Å²) in [5.41, 5.74) is 3.84. The monoisotopic (exact) mass is 322 g/mol. The minimum absolute atomic E-state index is 0.270. The molecule has 0 bridgehead atoms. The van der Waals surface area contributed by atoms with Gasteiger partial charge in [0, 0.05) is 10.9 Å². The Hall–Kier alpha value is -1.19. The van der Waals surface area contributed by atoms with Gasteiger partial charge in [-0.15, -0.1) is 0 Å². The highest BCUT2D eigenvalue weighted by Gasteiger charge is 2.12. The standard InChI is InChI=1S/C16H16BrFO/c1-10-6-13(7-11(2)16(10)17)15(19)9-12-4-3-5-14(18)8-12/h3-8,15,19H,9H2,1-2H3. The lowest BCUT2D eigenvalue weighted by atomic mass is 9.98. The Labute approximate surface area is 121 Å². The summed E-state index contributed by atoms with van der Waals surface area (Å²) in [5, 5.41) is 10.3. The quantitative estimate of drug-likeness (QED) is 0.883. The number of hydrogen-bond acceptors (Lipinski definition) is 1. The predicted octanol–water partition coefficient (Wildman–Crippen LogP) is 4.48. The second kappa shape index (κ2) is 5.85. The van der Waals surface area contributed by atoms with E-state index in [0.717, 1.165) is 26.7 Å². The van der Waals surface area contributed by atoms with E-state index in [2.05, 4.69) is 15.9 Å². The maximum absolute atomic E-state index is 13.1. The first kappa shape index (κ1) is 14.2. The SMILES string of the molecule is Cc1cc(C(O)Cc2cccc(F)c2)cc(C)c1Br. The molecular weight excluding hydrogens is 307 g/mol. The van der Waals surface area contributed by atoms with Gasteiger partial charge in [0.15, 0.2) is 0 Å². The normalized spacial score (nSPS) is 12.5. The topological polar surface area (TPSA) is 20.2 Å². The minimum Gasteiger partial charge on any atom is -0.388 e. The summed E-state index contributed by atoms with van der Waals surface area (Å²) in [6, 6.07) is 10.3. The summed E-state index contributed by atoms with van der Waals surface area (Å²) >= 11 is 3.51. The molecule has 0 fully saturated rings. The molecule has 1 unspecified atom stereocenters. The average molecular weight is 323 g/mol. The third-order valence-corrected chi connectivity index (χ3v) is 4.41.